The van der Waals surface area contributed by atoms with Gasteiger partial charge in [-0.2, -0.15) is 0 Å². The van der Waals surface area contributed by atoms with E-state index in [9.17, 15) is 4.79 Å². The largest absolute Gasteiger partial charge is 0.504 e. The van der Waals surface area contributed by atoms with Gasteiger partial charge in [-0.25, -0.2) is 4.79 Å². The highest BCUT2D eigenvalue weighted by atomic mass is 16.6. The first-order chi connectivity index (χ1) is 18.6. The van der Waals surface area contributed by atoms with Gasteiger partial charge in [0.25, 0.3) is 0 Å². The predicted molar refractivity (Wildman–Crippen MR) is 149 cm³/mol. The average molecular weight is 515 g/mol. The molecular weight excluding hydrogens is 476 g/mol. The second-order valence-corrected chi connectivity index (χ2v) is 10.4. The molecule has 2 fully saturated rings. The highest BCUT2D eigenvalue weighted by Gasteiger charge is 2.60. The number of carbonyl (C=O) groups excluding carboxylic acids is 1. The lowest BCUT2D eigenvalue weighted by molar-refractivity contribution is -0.137. The van der Waals surface area contributed by atoms with Crippen molar-refractivity contribution < 1.29 is 19.0 Å². The van der Waals surface area contributed by atoms with Gasteiger partial charge in [-0.15, -0.1) is 0 Å². The Morgan fingerprint density at radius 1 is 1.21 bits per heavy atom. The smallest absolute Gasteiger partial charge is 0.337 e. The molecule has 2 saturated heterocycles. The van der Waals surface area contributed by atoms with Gasteiger partial charge in [0.1, 0.15) is 5.60 Å². The normalized spacial score (nSPS) is 26.5. The van der Waals surface area contributed by atoms with Crippen LogP contribution in [0.5, 0.6) is 0 Å². The van der Waals surface area contributed by atoms with Crippen LogP contribution in [-0.4, -0.2) is 57.4 Å². The summed E-state index contributed by atoms with van der Waals surface area (Å²) in [6.07, 6.45) is 5.09. The first-order valence-corrected chi connectivity index (χ1v) is 13.7. The number of fused-ring (bicyclic) bond motifs is 4. The van der Waals surface area contributed by atoms with Gasteiger partial charge in [0, 0.05) is 48.9 Å². The number of carbonyl (C=O) groups is 1. The molecule has 2 aromatic rings. The van der Waals surface area contributed by atoms with Crippen molar-refractivity contribution in [2.24, 2.45) is 11.8 Å². The number of rotatable bonds is 6. The number of hydrogen-bond acceptors (Lipinski definition) is 6. The summed E-state index contributed by atoms with van der Waals surface area (Å²) < 4.78 is 16.9. The Labute approximate surface area is 226 Å². The third-order valence-corrected chi connectivity index (χ3v) is 8.35. The number of epoxide rings is 1. The van der Waals surface area contributed by atoms with Crippen LogP contribution >= 0.6 is 0 Å². The molecular formula is C32H38N2O4. The number of aryl methyl sites for hydroxylation is 1. The molecule has 6 heteroatoms. The van der Waals surface area contributed by atoms with Gasteiger partial charge in [0.05, 0.1) is 32.7 Å². The summed E-state index contributed by atoms with van der Waals surface area (Å²) in [5, 5.41) is 3.67. The molecule has 38 heavy (non-hydrogen) atoms. The summed E-state index contributed by atoms with van der Waals surface area (Å²) in [4.78, 5) is 15.3. The molecule has 0 amide bonds. The fourth-order valence-corrected chi connectivity index (χ4v) is 6.38. The summed E-state index contributed by atoms with van der Waals surface area (Å²) in [7, 11) is 3.03. The lowest BCUT2D eigenvalue weighted by Crippen LogP contribution is -2.56. The SMILES string of the molecule is CCC1CN2CCNc3cccc(C#CCCc4ccccc4)c3C3(CO3)C2CC1/C(=C\OC)C(=O)OC. The maximum Gasteiger partial charge on any atom is 0.337 e. The fourth-order valence-electron chi connectivity index (χ4n) is 6.38. The third kappa shape index (κ3) is 5.18. The quantitative estimate of drug-likeness (QED) is 0.198. The standard InChI is InChI=1S/C32H38N2O4/c1-4-24-20-34-18-17-33-28-16-10-15-25(14-9-8-13-23-11-6-5-7-12-23)30(28)32(22-38-32)29(34)19-26(24)27(21-36-2)31(35)37-3/h5-7,10-12,15-16,21,24,26,29,33H,4,8,13,17-20,22H2,1-3H3/b27-21+. The van der Waals surface area contributed by atoms with Crippen LogP contribution in [0.25, 0.3) is 0 Å². The van der Waals surface area contributed by atoms with Crippen LogP contribution in [0.2, 0.25) is 0 Å². The van der Waals surface area contributed by atoms with E-state index in [1.54, 1.807) is 13.4 Å². The lowest BCUT2D eigenvalue weighted by Gasteiger charge is -2.48. The highest BCUT2D eigenvalue weighted by molar-refractivity contribution is 5.88. The molecule has 4 unspecified atom stereocenters. The predicted octanol–water partition coefficient (Wildman–Crippen LogP) is 4.74. The molecule has 2 aromatic carbocycles. The fraction of sp³-hybridized carbons (Fsp3) is 0.469. The average Bonchev–Trinajstić information content (AvgIpc) is 3.75. The Hall–Kier alpha value is -3.27. The number of methoxy groups -OCH3 is 2. The zero-order valence-electron chi connectivity index (χ0n) is 22.7. The first kappa shape index (κ1) is 26.3. The minimum Gasteiger partial charge on any atom is -0.504 e. The molecule has 3 aliphatic rings. The van der Waals surface area contributed by atoms with Crippen molar-refractivity contribution in [2.75, 3.05) is 45.8 Å². The van der Waals surface area contributed by atoms with Crippen LogP contribution in [0.3, 0.4) is 0 Å². The Morgan fingerprint density at radius 3 is 2.74 bits per heavy atom. The molecule has 200 valence electrons. The van der Waals surface area contributed by atoms with Crippen LogP contribution in [0.15, 0.2) is 60.4 Å². The molecule has 3 aliphatic heterocycles. The number of ether oxygens (including phenoxy) is 3. The topological polar surface area (TPSA) is 63.3 Å². The first-order valence-electron chi connectivity index (χ1n) is 13.7. The van der Waals surface area contributed by atoms with E-state index < -0.39 is 5.60 Å². The van der Waals surface area contributed by atoms with E-state index in [-0.39, 0.29) is 17.9 Å². The van der Waals surface area contributed by atoms with Crippen molar-refractivity contribution >= 4 is 11.7 Å². The van der Waals surface area contributed by atoms with E-state index in [0.29, 0.717) is 18.1 Å². The van der Waals surface area contributed by atoms with Crippen LogP contribution in [0, 0.1) is 23.7 Å². The number of esters is 1. The molecule has 1 spiro atoms. The van der Waals surface area contributed by atoms with Crippen LogP contribution in [-0.2, 0) is 31.0 Å². The molecule has 4 atom stereocenters. The van der Waals surface area contributed by atoms with Gasteiger partial charge in [0.15, 0.2) is 0 Å². The van der Waals surface area contributed by atoms with E-state index in [2.05, 4.69) is 71.4 Å². The minimum atomic E-state index is -0.446. The molecule has 0 bridgehead atoms. The molecule has 6 nitrogen and oxygen atoms in total. The molecule has 0 aliphatic carbocycles. The van der Waals surface area contributed by atoms with Crippen LogP contribution in [0.4, 0.5) is 5.69 Å². The molecule has 0 aromatic heterocycles. The van der Waals surface area contributed by atoms with Crippen LogP contribution < -0.4 is 5.32 Å². The van der Waals surface area contributed by atoms with Crippen molar-refractivity contribution in [3.05, 3.63) is 77.1 Å². The number of nitrogens with zero attached hydrogens (tertiary/aromatic N) is 1. The van der Waals surface area contributed by atoms with E-state index in [0.717, 1.165) is 62.1 Å². The second-order valence-electron chi connectivity index (χ2n) is 10.4. The minimum absolute atomic E-state index is 0.0367. The van der Waals surface area contributed by atoms with E-state index in [1.807, 2.05) is 6.07 Å². The van der Waals surface area contributed by atoms with Gasteiger partial charge < -0.3 is 19.5 Å². The van der Waals surface area contributed by atoms with Gasteiger partial charge in [-0.05, 0) is 42.4 Å². The Morgan fingerprint density at radius 2 is 2.03 bits per heavy atom. The summed E-state index contributed by atoms with van der Waals surface area (Å²) >= 11 is 0. The zero-order valence-corrected chi connectivity index (χ0v) is 22.7. The van der Waals surface area contributed by atoms with Gasteiger partial charge in [-0.3, -0.25) is 4.90 Å². The second kappa shape index (κ2) is 11.6. The van der Waals surface area contributed by atoms with E-state index in [1.165, 1.54) is 12.7 Å². The summed E-state index contributed by atoms with van der Waals surface area (Å²) in [6.45, 7) is 5.52. The highest BCUT2D eigenvalue weighted by Crippen LogP contribution is 2.53. The van der Waals surface area contributed by atoms with Gasteiger partial charge >= 0.3 is 5.97 Å². The monoisotopic (exact) mass is 514 g/mol. The van der Waals surface area contributed by atoms with E-state index >= 15 is 0 Å². The van der Waals surface area contributed by atoms with Gasteiger partial charge in [-0.1, -0.05) is 61.6 Å². The Bertz CT molecular complexity index is 1230. The number of benzene rings is 2. The summed E-state index contributed by atoms with van der Waals surface area (Å²) in [6, 6.07) is 17.0. The van der Waals surface area contributed by atoms with Crippen molar-refractivity contribution in [3.63, 3.8) is 0 Å². The zero-order chi connectivity index (χ0) is 26.5. The molecule has 0 radical (unpaired) electrons. The Kier molecular flexibility index (Phi) is 8.06. The number of hydrogen-bond donors (Lipinski definition) is 1. The van der Waals surface area contributed by atoms with Crippen molar-refractivity contribution in [2.45, 2.75) is 44.2 Å². The van der Waals surface area contributed by atoms with Crippen molar-refractivity contribution in [1.29, 1.82) is 0 Å². The lowest BCUT2D eigenvalue weighted by atomic mass is 9.71. The maximum absolute atomic E-state index is 12.8. The summed E-state index contributed by atoms with van der Waals surface area (Å²) in [5.41, 5.74) is 4.76. The van der Waals surface area contributed by atoms with Crippen molar-refractivity contribution in [1.82, 2.24) is 4.90 Å². The summed E-state index contributed by atoms with van der Waals surface area (Å²) in [5.74, 6) is 6.96. The molecule has 5 rings (SSSR count). The number of piperidine rings is 1. The number of anilines is 1. The van der Waals surface area contributed by atoms with Gasteiger partial charge in [0.2, 0.25) is 0 Å². The maximum atomic E-state index is 12.8. The molecule has 3 heterocycles. The van der Waals surface area contributed by atoms with E-state index in [4.69, 9.17) is 14.2 Å². The van der Waals surface area contributed by atoms with Crippen LogP contribution in [0.1, 0.15) is 42.9 Å². The third-order valence-electron chi connectivity index (χ3n) is 8.35. The van der Waals surface area contributed by atoms with Crippen molar-refractivity contribution in [3.8, 4) is 11.8 Å². The Balaban J connectivity index is 1.47. The molecule has 1 N–H and O–H groups in total. The molecule has 0 saturated carbocycles. The number of nitrogens with one attached hydrogen (secondary N) is 1.